The quantitative estimate of drug-likeness (QED) is 0.0321. The fourth-order valence-corrected chi connectivity index (χ4v) is 7.75. The average Bonchev–Trinajstić information content (AvgIpc) is 3.29. The van der Waals surface area contributed by atoms with Crippen molar-refractivity contribution >= 4 is 121 Å². The average molecular weight is 1190 g/mol. The molecular weight excluding hydrogens is 1080 g/mol. The minimum atomic E-state index is 0.134. The van der Waals surface area contributed by atoms with Gasteiger partial charge in [-0.1, -0.05) is 213 Å². The Labute approximate surface area is 447 Å². The van der Waals surface area contributed by atoms with Gasteiger partial charge < -0.3 is 91.1 Å². The van der Waals surface area contributed by atoms with Gasteiger partial charge in [0.1, 0.15) is 0 Å². The molecule has 0 radical (unpaired) electrons. The summed E-state index contributed by atoms with van der Waals surface area (Å²) in [5.74, 6) is 4.24. The molecule has 0 aliphatic carbocycles. The monoisotopic (exact) mass is 1190 g/mol. The molecule has 3 N–H and O–H groups in total. The minimum absolute atomic E-state index is 0.134. The predicted octanol–water partition coefficient (Wildman–Crippen LogP) is 14.7. The van der Waals surface area contributed by atoms with Crippen LogP contribution in [-0.4, -0.2) is 115 Å². The molecule has 0 rings (SSSR count). The molecule has 0 aliphatic heterocycles. The van der Waals surface area contributed by atoms with E-state index >= 15 is 0 Å². The summed E-state index contributed by atoms with van der Waals surface area (Å²) in [6, 6.07) is 0. The number of aliphatic hydroxyl groups excluding tert-OH is 3. The van der Waals surface area contributed by atoms with Crippen LogP contribution in [0.25, 0.3) is 0 Å². The Kier molecular flexibility index (Phi) is 141. The Bertz CT molecular complexity index is 444. The van der Waals surface area contributed by atoms with Crippen molar-refractivity contribution in [1.82, 2.24) is 0 Å². The Morgan fingerprint density at radius 3 is 0.443 bits per heavy atom. The first kappa shape index (κ1) is 81.5. The van der Waals surface area contributed by atoms with E-state index in [0.717, 1.165) is 17.3 Å². The third-order valence-electron chi connectivity index (χ3n) is 8.83. The van der Waals surface area contributed by atoms with Crippen LogP contribution in [0.2, 0.25) is 8.87 Å². The summed E-state index contributed by atoms with van der Waals surface area (Å²) in [5.41, 5.74) is 0. The van der Waals surface area contributed by atoms with Gasteiger partial charge in [0, 0.05) is 19.8 Å². The number of hydrogen-bond acceptors (Lipinski definition) is 9. The van der Waals surface area contributed by atoms with Crippen molar-refractivity contribution in [3.63, 3.8) is 0 Å². The summed E-state index contributed by atoms with van der Waals surface area (Å²) in [4.78, 5) is 0. The first-order valence-corrected chi connectivity index (χ1v) is 32.9. The molecule has 0 aromatic carbocycles. The van der Waals surface area contributed by atoms with E-state index in [1.165, 1.54) is 227 Å². The molecule has 0 heterocycles. The van der Waals surface area contributed by atoms with Crippen LogP contribution in [-0.2, 0) is 75.8 Å². The molecule has 0 spiro atoms. The van der Waals surface area contributed by atoms with E-state index in [4.69, 9.17) is 53.2 Å². The van der Waals surface area contributed by atoms with Crippen molar-refractivity contribution in [3.8, 4) is 0 Å². The largest absolute Gasteiger partial charge is 0.790 e. The molecule has 0 fully saturated rings. The van der Waals surface area contributed by atoms with Crippen molar-refractivity contribution in [2.24, 2.45) is 0 Å². The van der Waals surface area contributed by atoms with E-state index in [-0.39, 0.29) is 19.8 Å². The summed E-state index contributed by atoms with van der Waals surface area (Å²) in [5, 5.41) is 23.3. The van der Waals surface area contributed by atoms with Gasteiger partial charge in [-0.2, -0.15) is 34.5 Å². The Morgan fingerprint density at radius 1 is 0.230 bits per heavy atom. The van der Waals surface area contributed by atoms with Crippen molar-refractivity contribution in [2.75, 3.05) is 54.3 Å². The summed E-state index contributed by atoms with van der Waals surface area (Å²) >= 11 is 31.0. The fourth-order valence-electron chi connectivity index (χ4n) is 5.12. The number of hydrogen-bond donors (Lipinski definition) is 3. The summed E-state index contributed by atoms with van der Waals surface area (Å²) in [6.07, 6.45) is 47.7. The third-order valence-corrected chi connectivity index (χ3v) is 12.3. The molecule has 0 amide bonds. The van der Waals surface area contributed by atoms with Crippen LogP contribution < -0.4 is 0 Å². The zero-order valence-electron chi connectivity index (χ0n) is 41.6. The summed E-state index contributed by atoms with van der Waals surface area (Å²) in [7, 11) is 0. The van der Waals surface area contributed by atoms with Crippen LogP contribution in [0, 0.1) is 0 Å². The molecule has 0 aromatic rings. The van der Waals surface area contributed by atoms with Gasteiger partial charge in [-0.3, -0.25) is 0 Å². The Morgan fingerprint density at radius 2 is 0.361 bits per heavy atom. The van der Waals surface area contributed by atoms with E-state index in [9.17, 15) is 0 Å². The van der Waals surface area contributed by atoms with Crippen LogP contribution >= 0.6 is 0 Å². The van der Waals surface area contributed by atoms with Crippen LogP contribution in [0.5, 0.6) is 0 Å². The van der Waals surface area contributed by atoms with Crippen molar-refractivity contribution < 1.29 is 15.3 Å². The smallest absolute Gasteiger partial charge is 0.0213 e. The van der Waals surface area contributed by atoms with Gasteiger partial charge in [-0.25, -0.2) is 0 Å². The minimum Gasteiger partial charge on any atom is -0.790 e. The van der Waals surface area contributed by atoms with Crippen LogP contribution in [0.15, 0.2) is 0 Å². The Hall–Kier alpha value is 3.58. The van der Waals surface area contributed by atoms with Crippen molar-refractivity contribution in [2.45, 2.75) is 262 Å². The van der Waals surface area contributed by atoms with E-state index in [2.05, 4.69) is 72.5 Å². The van der Waals surface area contributed by atoms with Crippen LogP contribution in [0.1, 0.15) is 253 Å². The molecule has 0 saturated carbocycles. The second-order valence-corrected chi connectivity index (χ2v) is 20.5. The van der Waals surface area contributed by atoms with E-state index in [1.807, 2.05) is 0 Å². The van der Waals surface area contributed by atoms with Gasteiger partial charge in [-0.15, -0.1) is 0 Å². The van der Waals surface area contributed by atoms with Crippen LogP contribution in [0.3, 0.4) is 0 Å². The number of unbranched alkanes of at least 4 members (excludes halogenated alkanes) is 29. The van der Waals surface area contributed by atoms with Gasteiger partial charge in [0.05, 0.1) is 0 Å². The van der Waals surface area contributed by atoms with E-state index < -0.39 is 0 Å². The fraction of sp³-hybridized carbons (Fsp3) is 1.00. The molecule has 0 atom stereocenters. The Balaban J connectivity index is -0.0000000928. The molecule has 11 heteroatoms. The molecule has 0 bridgehead atoms. The summed E-state index contributed by atoms with van der Waals surface area (Å²) < 4.78 is 2.87. The number of aliphatic hydroxyl groups is 3. The maximum Gasteiger partial charge on any atom is 0.0213 e. The zero-order chi connectivity index (χ0) is 47.8. The number of rotatable bonds is 37. The zero-order valence-corrected chi connectivity index (χ0v) is 52.2. The van der Waals surface area contributed by atoms with Gasteiger partial charge >= 0.3 is 93.5 Å². The van der Waals surface area contributed by atoms with Crippen LogP contribution in [0.4, 0.5) is 0 Å². The van der Waals surface area contributed by atoms with Crippen molar-refractivity contribution in [3.05, 3.63) is 0 Å². The molecule has 61 heavy (non-hydrogen) atoms. The van der Waals surface area contributed by atoms with Gasteiger partial charge in [-0.05, 0) is 0 Å². The standard InChI is InChI=1S/3C12H26S.2C4H9.3C2H6OS.2Sn/c3*1-2-3-4-5-6-7-8-9-10-11-12-13;2*1-3-4-2;3*3-1-2-4;;/h3*13H,2-12H2,1H3;2*1,3-4H2,2H3;3*3-4H,1-2H2;;/q;;;;;;;;2*+3/p-6. The molecule has 3 nitrogen and oxygen atoms in total. The molecule has 370 valence electrons. The maximum absolute atomic E-state index is 7.77. The van der Waals surface area contributed by atoms with E-state index in [0.29, 0.717) is 17.3 Å². The SMILES string of the molecule is CCCCCCCCCCCC[S-].CCCCCCCCCCCC[S-].CCCCCCCCCCCC[S-].CCC[CH2][Sn+3].CCC[CH2][Sn+3].OCC[S-].OCC[S-].OCC[S-]. The molecular formula is C50H108O3S6Sn2. The normalized spacial score (nSPS) is 9.67. The second-order valence-electron chi connectivity index (χ2n) is 15.1. The second kappa shape index (κ2) is 106. The molecule has 0 saturated heterocycles. The molecule has 0 aliphatic rings. The van der Waals surface area contributed by atoms with E-state index in [1.54, 1.807) is 45.0 Å². The molecule has 0 unspecified atom stereocenters. The van der Waals surface area contributed by atoms with Gasteiger partial charge in [0.25, 0.3) is 0 Å². The summed E-state index contributed by atoms with van der Waals surface area (Å²) in [6.45, 7) is 11.7. The first-order chi connectivity index (χ1) is 29.8. The van der Waals surface area contributed by atoms with Gasteiger partial charge in [0.15, 0.2) is 0 Å². The topological polar surface area (TPSA) is 60.7 Å². The maximum atomic E-state index is 7.77. The third kappa shape index (κ3) is 146. The first-order valence-electron chi connectivity index (χ1n) is 25.4. The van der Waals surface area contributed by atoms with Crippen molar-refractivity contribution in [1.29, 1.82) is 0 Å². The predicted molar refractivity (Wildman–Crippen MR) is 301 cm³/mol. The molecule has 0 aromatic heterocycles. The van der Waals surface area contributed by atoms with Gasteiger partial charge in [0.2, 0.25) is 0 Å².